The van der Waals surface area contributed by atoms with E-state index in [4.69, 9.17) is 11.6 Å². The second-order valence-corrected chi connectivity index (χ2v) is 5.45. The van der Waals surface area contributed by atoms with E-state index in [0.29, 0.717) is 27.1 Å². The maximum Gasteiger partial charge on any atom is 0.166 e. The largest absolute Gasteiger partial charge is 0.333 e. The van der Waals surface area contributed by atoms with Gasteiger partial charge >= 0.3 is 0 Å². The molecule has 2 heterocycles. The van der Waals surface area contributed by atoms with Gasteiger partial charge in [0.15, 0.2) is 16.8 Å². The molecule has 0 aliphatic rings. The summed E-state index contributed by atoms with van der Waals surface area (Å²) in [6.07, 6.45) is 1.68. The fraction of sp³-hybridized carbons (Fsp3) is 0.0769. The topological polar surface area (TPSA) is 41.6 Å². The van der Waals surface area contributed by atoms with E-state index in [1.54, 1.807) is 12.3 Å². The van der Waals surface area contributed by atoms with Crippen molar-refractivity contribution in [2.75, 3.05) is 0 Å². The van der Waals surface area contributed by atoms with E-state index in [1.807, 2.05) is 6.07 Å². The zero-order chi connectivity index (χ0) is 14.1. The van der Waals surface area contributed by atoms with Crippen molar-refractivity contribution in [3.63, 3.8) is 0 Å². The summed E-state index contributed by atoms with van der Waals surface area (Å²) in [5, 5.41) is 1.04. The van der Waals surface area contributed by atoms with Crippen molar-refractivity contribution in [3.05, 3.63) is 52.8 Å². The molecule has 0 saturated heterocycles. The lowest BCUT2D eigenvalue weighted by Crippen LogP contribution is -1.83. The Balaban J connectivity index is 1.79. The SMILES string of the molecule is Fc1cc2nc(SCc3ccc(Cl)nc3)[nH]c2cc1F. The van der Waals surface area contributed by atoms with Gasteiger partial charge in [-0.3, -0.25) is 0 Å². The summed E-state index contributed by atoms with van der Waals surface area (Å²) >= 11 is 7.13. The average molecular weight is 312 g/mol. The van der Waals surface area contributed by atoms with E-state index in [2.05, 4.69) is 15.0 Å². The summed E-state index contributed by atoms with van der Waals surface area (Å²) in [6.45, 7) is 0. The Bertz CT molecular complexity index is 719. The lowest BCUT2D eigenvalue weighted by atomic mass is 10.3. The Morgan fingerprint density at radius 3 is 2.75 bits per heavy atom. The van der Waals surface area contributed by atoms with Crippen LogP contribution < -0.4 is 0 Å². The van der Waals surface area contributed by atoms with Crippen LogP contribution in [0.1, 0.15) is 5.56 Å². The predicted octanol–water partition coefficient (Wildman–Crippen LogP) is 4.18. The van der Waals surface area contributed by atoms with Crippen molar-refractivity contribution in [1.29, 1.82) is 0 Å². The average Bonchev–Trinajstić information content (AvgIpc) is 2.80. The molecule has 3 rings (SSSR count). The van der Waals surface area contributed by atoms with Crippen LogP contribution in [0.4, 0.5) is 8.78 Å². The molecule has 1 aromatic carbocycles. The Labute approximate surface area is 122 Å². The van der Waals surface area contributed by atoms with E-state index in [-0.39, 0.29) is 0 Å². The molecule has 0 aliphatic carbocycles. The van der Waals surface area contributed by atoms with Gasteiger partial charge in [-0.15, -0.1) is 0 Å². The van der Waals surface area contributed by atoms with E-state index >= 15 is 0 Å². The normalized spacial score (nSPS) is 11.2. The number of hydrogen-bond acceptors (Lipinski definition) is 3. The van der Waals surface area contributed by atoms with Gasteiger partial charge in [0.2, 0.25) is 0 Å². The van der Waals surface area contributed by atoms with Gasteiger partial charge < -0.3 is 4.98 Å². The Morgan fingerprint density at radius 1 is 1.20 bits per heavy atom. The molecule has 7 heteroatoms. The standard InChI is InChI=1S/C13H8ClF2N3S/c14-12-2-1-7(5-17-12)6-20-13-18-10-3-8(15)9(16)4-11(10)19-13/h1-5H,6H2,(H,18,19). The number of thioether (sulfide) groups is 1. The molecule has 0 aliphatic heterocycles. The third kappa shape index (κ3) is 2.76. The number of nitrogens with zero attached hydrogens (tertiary/aromatic N) is 2. The summed E-state index contributed by atoms with van der Waals surface area (Å²) in [4.78, 5) is 11.1. The van der Waals surface area contributed by atoms with Gasteiger partial charge in [0.05, 0.1) is 11.0 Å². The Hall–Kier alpha value is -1.66. The van der Waals surface area contributed by atoms with Crippen LogP contribution in [0.25, 0.3) is 11.0 Å². The first kappa shape index (κ1) is 13.3. The maximum atomic E-state index is 13.1. The number of nitrogens with one attached hydrogen (secondary N) is 1. The first-order valence-corrected chi connectivity index (χ1v) is 7.06. The zero-order valence-corrected chi connectivity index (χ0v) is 11.6. The highest BCUT2D eigenvalue weighted by molar-refractivity contribution is 7.98. The summed E-state index contributed by atoms with van der Waals surface area (Å²) in [7, 11) is 0. The molecule has 0 spiro atoms. The first-order chi connectivity index (χ1) is 9.61. The summed E-state index contributed by atoms with van der Waals surface area (Å²) in [5.41, 5.74) is 1.86. The second kappa shape index (κ2) is 5.38. The summed E-state index contributed by atoms with van der Waals surface area (Å²) in [6, 6.07) is 5.76. The minimum absolute atomic E-state index is 0.403. The molecular weight excluding hydrogens is 304 g/mol. The van der Waals surface area contributed by atoms with Crippen LogP contribution in [0, 0.1) is 11.6 Å². The van der Waals surface area contributed by atoms with Crippen molar-refractivity contribution in [2.24, 2.45) is 0 Å². The minimum Gasteiger partial charge on any atom is -0.333 e. The lowest BCUT2D eigenvalue weighted by Gasteiger charge is -1.98. The molecule has 1 N–H and O–H groups in total. The lowest BCUT2D eigenvalue weighted by molar-refractivity contribution is 0.510. The van der Waals surface area contributed by atoms with E-state index < -0.39 is 11.6 Å². The molecule has 3 aromatic rings. The Kier molecular flexibility index (Phi) is 3.58. The van der Waals surface area contributed by atoms with Crippen molar-refractivity contribution < 1.29 is 8.78 Å². The van der Waals surface area contributed by atoms with Crippen LogP contribution in [0.5, 0.6) is 0 Å². The van der Waals surface area contributed by atoms with Gasteiger partial charge in [0.25, 0.3) is 0 Å². The van der Waals surface area contributed by atoms with Crippen LogP contribution in [0.15, 0.2) is 35.6 Å². The number of halogens is 3. The van der Waals surface area contributed by atoms with Crippen LogP contribution in [-0.2, 0) is 5.75 Å². The van der Waals surface area contributed by atoms with Gasteiger partial charge in [0, 0.05) is 24.1 Å². The predicted molar refractivity (Wildman–Crippen MR) is 74.8 cm³/mol. The molecule has 102 valence electrons. The molecule has 20 heavy (non-hydrogen) atoms. The highest BCUT2D eigenvalue weighted by atomic mass is 35.5. The molecule has 3 nitrogen and oxygen atoms in total. The van der Waals surface area contributed by atoms with Crippen LogP contribution in [-0.4, -0.2) is 15.0 Å². The molecular formula is C13H8ClF2N3S. The molecule has 0 atom stereocenters. The highest BCUT2D eigenvalue weighted by Crippen LogP contribution is 2.24. The summed E-state index contributed by atoms with van der Waals surface area (Å²) in [5.74, 6) is -1.16. The maximum absolute atomic E-state index is 13.1. The van der Waals surface area contributed by atoms with Crippen LogP contribution >= 0.6 is 23.4 Å². The number of fused-ring (bicyclic) bond motifs is 1. The monoisotopic (exact) mass is 311 g/mol. The highest BCUT2D eigenvalue weighted by Gasteiger charge is 2.09. The minimum atomic E-state index is -0.901. The third-order valence-electron chi connectivity index (χ3n) is 2.67. The number of imidazole rings is 1. The first-order valence-electron chi connectivity index (χ1n) is 5.70. The number of H-pyrrole nitrogens is 1. The molecule has 0 unspecified atom stereocenters. The van der Waals surface area contributed by atoms with E-state index in [0.717, 1.165) is 17.7 Å². The van der Waals surface area contributed by atoms with Crippen molar-refractivity contribution in [1.82, 2.24) is 15.0 Å². The molecule has 0 fully saturated rings. The van der Waals surface area contributed by atoms with Crippen LogP contribution in [0.2, 0.25) is 5.15 Å². The zero-order valence-electron chi connectivity index (χ0n) is 10.0. The van der Waals surface area contributed by atoms with Gasteiger partial charge in [-0.25, -0.2) is 18.7 Å². The van der Waals surface area contributed by atoms with E-state index in [9.17, 15) is 8.78 Å². The smallest absolute Gasteiger partial charge is 0.166 e. The number of rotatable bonds is 3. The number of pyridine rings is 1. The van der Waals surface area contributed by atoms with Gasteiger partial charge in [0.1, 0.15) is 5.15 Å². The molecule has 0 amide bonds. The van der Waals surface area contributed by atoms with Crippen molar-refractivity contribution >= 4 is 34.4 Å². The van der Waals surface area contributed by atoms with E-state index in [1.165, 1.54) is 11.8 Å². The van der Waals surface area contributed by atoms with Crippen molar-refractivity contribution in [3.8, 4) is 0 Å². The molecule has 0 bridgehead atoms. The number of benzene rings is 1. The quantitative estimate of drug-likeness (QED) is 0.583. The number of hydrogen-bond donors (Lipinski definition) is 1. The van der Waals surface area contributed by atoms with Gasteiger partial charge in [-0.1, -0.05) is 29.4 Å². The molecule has 0 saturated carbocycles. The fourth-order valence-electron chi connectivity index (χ4n) is 1.69. The Morgan fingerprint density at radius 2 is 2.00 bits per heavy atom. The van der Waals surface area contributed by atoms with Gasteiger partial charge in [-0.05, 0) is 11.6 Å². The molecule has 0 radical (unpaired) electrons. The fourth-order valence-corrected chi connectivity index (χ4v) is 2.62. The number of aromatic nitrogens is 3. The van der Waals surface area contributed by atoms with Crippen LogP contribution in [0.3, 0.4) is 0 Å². The molecule has 2 aromatic heterocycles. The second-order valence-electron chi connectivity index (χ2n) is 4.10. The number of aromatic amines is 1. The third-order valence-corrected chi connectivity index (χ3v) is 3.83. The summed E-state index contributed by atoms with van der Waals surface area (Å²) < 4.78 is 26.2. The van der Waals surface area contributed by atoms with Crippen molar-refractivity contribution in [2.45, 2.75) is 10.9 Å². The van der Waals surface area contributed by atoms with Gasteiger partial charge in [-0.2, -0.15) is 0 Å².